The Bertz CT molecular complexity index is 666. The van der Waals surface area contributed by atoms with Crippen molar-refractivity contribution >= 4 is 17.2 Å². The summed E-state index contributed by atoms with van der Waals surface area (Å²) in [5.41, 5.74) is -0.0832. The van der Waals surface area contributed by atoms with Crippen molar-refractivity contribution in [3.05, 3.63) is 46.5 Å². The Morgan fingerprint density at radius 2 is 2.39 bits per heavy atom. The number of hydrogen-bond acceptors (Lipinski definition) is 5. The van der Waals surface area contributed by atoms with Crippen LogP contribution in [0.4, 0.5) is 10.2 Å². The lowest BCUT2D eigenvalue weighted by molar-refractivity contribution is 0.0120. The molecule has 4 rings (SSSR count). The van der Waals surface area contributed by atoms with Gasteiger partial charge in [0.05, 0.1) is 18.2 Å². The summed E-state index contributed by atoms with van der Waals surface area (Å²) < 4.78 is 19.8. The molecule has 1 spiro atoms. The average Bonchev–Trinajstić information content (AvgIpc) is 3.26. The number of thiophene rings is 1. The van der Waals surface area contributed by atoms with Gasteiger partial charge in [-0.1, -0.05) is 6.07 Å². The van der Waals surface area contributed by atoms with Gasteiger partial charge in [-0.2, -0.15) is 0 Å². The third kappa shape index (κ3) is 3.24. The maximum atomic E-state index is 13.7. The summed E-state index contributed by atoms with van der Waals surface area (Å²) in [6.07, 6.45) is 3.56. The number of aromatic nitrogens is 1. The molecule has 4 nitrogen and oxygen atoms in total. The molecule has 1 N–H and O–H groups in total. The fraction of sp³-hybridized carbons (Fsp3) is 0.471. The lowest BCUT2D eigenvalue weighted by atomic mass is 9.97. The fourth-order valence-corrected chi connectivity index (χ4v) is 4.34. The quantitative estimate of drug-likeness (QED) is 0.933. The second-order valence-electron chi connectivity index (χ2n) is 6.41. The highest BCUT2D eigenvalue weighted by molar-refractivity contribution is 7.09. The lowest BCUT2D eigenvalue weighted by Crippen LogP contribution is -2.33. The maximum absolute atomic E-state index is 13.7. The molecule has 2 aliphatic rings. The van der Waals surface area contributed by atoms with Crippen LogP contribution >= 0.6 is 11.3 Å². The number of hydrogen-bond donors (Lipinski definition) is 1. The smallest absolute Gasteiger partial charge is 0.165 e. The van der Waals surface area contributed by atoms with Crippen molar-refractivity contribution in [2.75, 3.05) is 25.0 Å². The van der Waals surface area contributed by atoms with E-state index in [1.807, 2.05) is 0 Å². The number of nitrogens with one attached hydrogen (secondary N) is 1. The molecule has 4 heterocycles. The van der Waals surface area contributed by atoms with E-state index in [0.717, 1.165) is 32.5 Å². The van der Waals surface area contributed by atoms with Gasteiger partial charge in [0, 0.05) is 37.1 Å². The molecule has 0 saturated carbocycles. The zero-order chi connectivity index (χ0) is 15.7. The first-order chi connectivity index (χ1) is 11.2. The molecule has 0 unspecified atom stereocenters. The van der Waals surface area contributed by atoms with E-state index in [4.69, 9.17) is 4.74 Å². The average molecular weight is 333 g/mol. The van der Waals surface area contributed by atoms with Crippen molar-refractivity contribution in [1.29, 1.82) is 0 Å². The highest BCUT2D eigenvalue weighted by atomic mass is 32.1. The normalized spacial score (nSPS) is 27.8. The van der Waals surface area contributed by atoms with Crippen LogP contribution in [0.15, 0.2) is 35.8 Å². The fourth-order valence-electron chi connectivity index (χ4n) is 3.59. The predicted molar refractivity (Wildman–Crippen MR) is 89.1 cm³/mol. The summed E-state index contributed by atoms with van der Waals surface area (Å²) >= 11 is 1.80. The van der Waals surface area contributed by atoms with Crippen molar-refractivity contribution in [3.8, 4) is 0 Å². The molecule has 2 aromatic heterocycles. The van der Waals surface area contributed by atoms with Gasteiger partial charge in [0.2, 0.25) is 0 Å². The van der Waals surface area contributed by atoms with Gasteiger partial charge in [-0.25, -0.2) is 9.37 Å². The summed E-state index contributed by atoms with van der Waals surface area (Å²) in [7, 11) is 0. The Hall–Kier alpha value is -1.50. The summed E-state index contributed by atoms with van der Waals surface area (Å²) in [5.74, 6) is 0.0192. The van der Waals surface area contributed by atoms with Crippen LogP contribution in [0, 0.1) is 5.82 Å². The van der Waals surface area contributed by atoms with Gasteiger partial charge in [0.1, 0.15) is 0 Å². The third-order valence-corrected chi connectivity index (χ3v) is 5.52. The second kappa shape index (κ2) is 6.19. The predicted octanol–water partition coefficient (Wildman–Crippen LogP) is 3.13. The van der Waals surface area contributed by atoms with Crippen LogP contribution in [0.2, 0.25) is 0 Å². The first-order valence-corrected chi connectivity index (χ1v) is 8.86. The van der Waals surface area contributed by atoms with Crippen LogP contribution < -0.4 is 5.32 Å². The van der Waals surface area contributed by atoms with Crippen LogP contribution in [0.1, 0.15) is 17.7 Å². The topological polar surface area (TPSA) is 37.4 Å². The molecule has 0 aromatic carbocycles. The van der Waals surface area contributed by atoms with E-state index in [9.17, 15) is 4.39 Å². The Balaban J connectivity index is 1.36. The molecule has 2 saturated heterocycles. The summed E-state index contributed by atoms with van der Waals surface area (Å²) in [5, 5.41) is 5.31. The molecular weight excluding hydrogens is 313 g/mol. The molecule has 0 bridgehead atoms. The van der Waals surface area contributed by atoms with Gasteiger partial charge >= 0.3 is 0 Å². The molecule has 0 radical (unpaired) electrons. The van der Waals surface area contributed by atoms with E-state index in [1.54, 1.807) is 23.6 Å². The number of ether oxygens (including phenoxy) is 1. The first-order valence-electron chi connectivity index (χ1n) is 7.98. The van der Waals surface area contributed by atoms with Crippen molar-refractivity contribution in [1.82, 2.24) is 9.88 Å². The zero-order valence-corrected chi connectivity index (χ0v) is 13.7. The van der Waals surface area contributed by atoms with Crippen molar-refractivity contribution in [2.24, 2.45) is 0 Å². The van der Waals surface area contributed by atoms with Crippen LogP contribution in [-0.4, -0.2) is 41.2 Å². The summed E-state index contributed by atoms with van der Waals surface area (Å²) in [6.45, 7) is 3.62. The first kappa shape index (κ1) is 15.1. The number of nitrogens with zero attached hydrogens (tertiary/aromatic N) is 2. The van der Waals surface area contributed by atoms with Crippen molar-refractivity contribution < 1.29 is 9.13 Å². The lowest BCUT2D eigenvalue weighted by Gasteiger charge is -2.23. The molecule has 122 valence electrons. The van der Waals surface area contributed by atoms with Crippen LogP contribution in [0.5, 0.6) is 0 Å². The van der Waals surface area contributed by atoms with E-state index >= 15 is 0 Å². The van der Waals surface area contributed by atoms with Crippen molar-refractivity contribution in [3.63, 3.8) is 0 Å². The highest BCUT2D eigenvalue weighted by Gasteiger charge is 2.45. The minimum atomic E-state index is -0.306. The van der Waals surface area contributed by atoms with Crippen LogP contribution in [-0.2, 0) is 11.3 Å². The Kier molecular flexibility index (Phi) is 4.05. The van der Waals surface area contributed by atoms with E-state index in [2.05, 4.69) is 32.7 Å². The summed E-state index contributed by atoms with van der Waals surface area (Å²) in [4.78, 5) is 7.92. The van der Waals surface area contributed by atoms with E-state index in [1.165, 1.54) is 10.9 Å². The molecule has 6 heteroatoms. The van der Waals surface area contributed by atoms with Crippen LogP contribution in [0.25, 0.3) is 0 Å². The number of likely N-dealkylation sites (tertiary alicyclic amines) is 1. The maximum Gasteiger partial charge on any atom is 0.165 e. The molecular formula is C17H20FN3OS. The SMILES string of the molecule is Fc1cccnc1N[C@@H]1CO[C@@]2(CCN(Cc3cccs3)C2)C1. The molecule has 0 amide bonds. The Labute approximate surface area is 139 Å². The van der Waals surface area contributed by atoms with Gasteiger partial charge in [0.15, 0.2) is 11.6 Å². The number of halogens is 1. The molecule has 2 atom stereocenters. The van der Waals surface area contributed by atoms with Crippen molar-refractivity contribution in [2.45, 2.75) is 31.0 Å². The van der Waals surface area contributed by atoms with E-state index < -0.39 is 0 Å². The van der Waals surface area contributed by atoms with E-state index in [-0.39, 0.29) is 17.5 Å². The zero-order valence-electron chi connectivity index (χ0n) is 12.9. The molecule has 2 aliphatic heterocycles. The minimum Gasteiger partial charge on any atom is -0.371 e. The van der Waals surface area contributed by atoms with Crippen LogP contribution in [0.3, 0.4) is 0 Å². The van der Waals surface area contributed by atoms with Gasteiger partial charge < -0.3 is 10.1 Å². The number of pyridine rings is 1. The number of rotatable bonds is 4. The summed E-state index contributed by atoms with van der Waals surface area (Å²) in [6, 6.07) is 7.44. The Morgan fingerprint density at radius 3 is 3.22 bits per heavy atom. The molecule has 23 heavy (non-hydrogen) atoms. The van der Waals surface area contributed by atoms with Gasteiger partial charge in [-0.05, 0) is 30.0 Å². The van der Waals surface area contributed by atoms with Gasteiger partial charge in [-0.15, -0.1) is 11.3 Å². The molecule has 2 aromatic rings. The molecule has 0 aliphatic carbocycles. The Morgan fingerprint density at radius 1 is 1.43 bits per heavy atom. The number of anilines is 1. The van der Waals surface area contributed by atoms with Gasteiger partial charge in [-0.3, -0.25) is 4.90 Å². The standard InChI is InChI=1S/C17H20FN3OS/c18-15-4-1-6-19-16(15)20-13-9-17(22-11-13)5-7-21(12-17)10-14-3-2-8-23-14/h1-4,6,8,13H,5,7,9-12H2,(H,19,20)/t13-,17-/m0/s1. The third-order valence-electron chi connectivity index (χ3n) is 4.66. The largest absolute Gasteiger partial charge is 0.371 e. The van der Waals surface area contributed by atoms with Gasteiger partial charge in [0.25, 0.3) is 0 Å². The monoisotopic (exact) mass is 333 g/mol. The molecule has 2 fully saturated rings. The minimum absolute atomic E-state index is 0.0832. The highest BCUT2D eigenvalue weighted by Crippen LogP contribution is 2.36. The van der Waals surface area contributed by atoms with E-state index in [0.29, 0.717) is 12.4 Å². The second-order valence-corrected chi connectivity index (χ2v) is 7.45.